The zero-order valence-corrected chi connectivity index (χ0v) is 13.7. The van der Waals surface area contributed by atoms with Crippen molar-refractivity contribution in [1.29, 1.82) is 0 Å². The fourth-order valence-corrected chi connectivity index (χ4v) is 2.53. The quantitative estimate of drug-likeness (QED) is 0.693. The lowest BCUT2D eigenvalue weighted by Crippen LogP contribution is -2.42. The molecule has 24 heavy (non-hydrogen) atoms. The number of imide groups is 1. The molecular weight excluding hydrogens is 302 g/mol. The first-order valence-electron chi connectivity index (χ1n) is 7.90. The van der Waals surface area contributed by atoms with Crippen LogP contribution in [0.15, 0.2) is 59.7 Å². The second-order valence-electron chi connectivity index (χ2n) is 5.97. The number of rotatable bonds is 4. The molecule has 0 aromatic heterocycles. The number of hydrogen-bond acceptors (Lipinski definition) is 3. The van der Waals surface area contributed by atoms with Crippen LogP contribution in [-0.2, 0) is 4.79 Å². The van der Waals surface area contributed by atoms with Gasteiger partial charge in [-0.25, -0.2) is 4.79 Å². The van der Waals surface area contributed by atoms with Gasteiger partial charge in [-0.05, 0) is 30.0 Å². The van der Waals surface area contributed by atoms with E-state index in [1.54, 1.807) is 6.92 Å². The van der Waals surface area contributed by atoms with Crippen LogP contribution in [0.2, 0.25) is 0 Å². The standard InChI is InChI=1S/C19H19N3O2/c1-3-19(2)17(23)22(18(24)21-19)20-13-14-9-11-16(12-10-14)15-7-5-4-6-8-15/h4-13H,3H2,1-2H3,(H,21,24)/b20-13-/t19-/m1/s1. The monoisotopic (exact) mass is 321 g/mol. The van der Waals surface area contributed by atoms with Crippen LogP contribution in [0.4, 0.5) is 4.79 Å². The van der Waals surface area contributed by atoms with Gasteiger partial charge < -0.3 is 5.32 Å². The molecule has 0 unspecified atom stereocenters. The van der Waals surface area contributed by atoms with Gasteiger partial charge in [0.25, 0.3) is 5.91 Å². The molecule has 3 amide bonds. The number of carbonyl (C=O) groups is 2. The molecular formula is C19H19N3O2. The second-order valence-corrected chi connectivity index (χ2v) is 5.97. The molecule has 2 aromatic rings. The Morgan fingerprint density at radius 1 is 1.04 bits per heavy atom. The van der Waals surface area contributed by atoms with Crippen molar-refractivity contribution in [2.24, 2.45) is 5.10 Å². The summed E-state index contributed by atoms with van der Waals surface area (Å²) < 4.78 is 0. The summed E-state index contributed by atoms with van der Waals surface area (Å²) in [6.45, 7) is 3.56. The number of amides is 3. The number of hydrogen-bond donors (Lipinski definition) is 1. The summed E-state index contributed by atoms with van der Waals surface area (Å²) in [5.74, 6) is -0.327. The highest BCUT2D eigenvalue weighted by atomic mass is 16.2. The van der Waals surface area contributed by atoms with Crippen LogP contribution in [-0.4, -0.2) is 28.7 Å². The number of carbonyl (C=O) groups excluding carboxylic acids is 2. The molecule has 0 aliphatic carbocycles. The summed E-state index contributed by atoms with van der Waals surface area (Å²) in [6.07, 6.45) is 2.04. The number of benzene rings is 2. The van der Waals surface area contributed by atoms with Crippen molar-refractivity contribution < 1.29 is 9.59 Å². The van der Waals surface area contributed by atoms with Gasteiger partial charge in [0.1, 0.15) is 5.54 Å². The Hall–Kier alpha value is -2.95. The molecule has 5 heteroatoms. The average Bonchev–Trinajstić information content (AvgIpc) is 2.84. The van der Waals surface area contributed by atoms with Crippen LogP contribution in [0.3, 0.4) is 0 Å². The first-order chi connectivity index (χ1) is 11.5. The van der Waals surface area contributed by atoms with Crippen molar-refractivity contribution >= 4 is 18.2 Å². The molecule has 1 aliphatic rings. The SMILES string of the molecule is CC[C@@]1(C)NC(=O)N(/N=C\c2ccc(-c3ccccc3)cc2)C1=O. The van der Waals surface area contributed by atoms with E-state index in [1.807, 2.05) is 61.5 Å². The van der Waals surface area contributed by atoms with Gasteiger partial charge >= 0.3 is 6.03 Å². The summed E-state index contributed by atoms with van der Waals surface area (Å²) in [7, 11) is 0. The number of urea groups is 1. The largest absolute Gasteiger partial charge is 0.346 e. The highest BCUT2D eigenvalue weighted by molar-refractivity contribution is 6.07. The van der Waals surface area contributed by atoms with E-state index in [4.69, 9.17) is 0 Å². The molecule has 0 radical (unpaired) electrons. The lowest BCUT2D eigenvalue weighted by atomic mass is 10.00. The van der Waals surface area contributed by atoms with E-state index in [-0.39, 0.29) is 5.91 Å². The molecule has 1 saturated heterocycles. The lowest BCUT2D eigenvalue weighted by Gasteiger charge is -2.17. The van der Waals surface area contributed by atoms with E-state index in [1.165, 1.54) is 6.21 Å². The lowest BCUT2D eigenvalue weighted by molar-refractivity contribution is -0.130. The highest BCUT2D eigenvalue weighted by Gasteiger charge is 2.46. The van der Waals surface area contributed by atoms with E-state index in [9.17, 15) is 9.59 Å². The Bertz CT molecular complexity index is 784. The Morgan fingerprint density at radius 2 is 1.67 bits per heavy atom. The van der Waals surface area contributed by atoms with E-state index >= 15 is 0 Å². The normalized spacial score (nSPS) is 20.7. The first kappa shape index (κ1) is 15.9. The number of hydrazone groups is 1. The predicted molar refractivity (Wildman–Crippen MR) is 93.5 cm³/mol. The maximum atomic E-state index is 12.3. The van der Waals surface area contributed by atoms with Gasteiger partial charge in [0.2, 0.25) is 0 Å². The Morgan fingerprint density at radius 3 is 2.25 bits per heavy atom. The minimum Gasteiger partial charge on any atom is -0.322 e. The van der Waals surface area contributed by atoms with Gasteiger partial charge in [-0.1, -0.05) is 61.5 Å². The molecule has 3 rings (SSSR count). The second kappa shape index (κ2) is 6.28. The number of nitrogens with one attached hydrogen (secondary N) is 1. The van der Waals surface area contributed by atoms with Crippen molar-refractivity contribution in [2.75, 3.05) is 0 Å². The van der Waals surface area contributed by atoms with Crippen LogP contribution in [0.5, 0.6) is 0 Å². The molecule has 0 bridgehead atoms. The van der Waals surface area contributed by atoms with Crippen molar-refractivity contribution in [3.05, 3.63) is 60.2 Å². The highest BCUT2D eigenvalue weighted by Crippen LogP contribution is 2.21. The fraction of sp³-hybridized carbons (Fsp3) is 0.211. The van der Waals surface area contributed by atoms with Crippen LogP contribution < -0.4 is 5.32 Å². The van der Waals surface area contributed by atoms with E-state index in [2.05, 4.69) is 10.4 Å². The fourth-order valence-electron chi connectivity index (χ4n) is 2.53. The molecule has 1 aliphatic heterocycles. The van der Waals surface area contributed by atoms with Gasteiger partial charge in [0.15, 0.2) is 0 Å². The van der Waals surface area contributed by atoms with Gasteiger partial charge in [0, 0.05) is 0 Å². The third-order valence-electron chi connectivity index (χ3n) is 4.29. The van der Waals surface area contributed by atoms with Crippen molar-refractivity contribution in [3.63, 3.8) is 0 Å². The average molecular weight is 321 g/mol. The third-order valence-corrected chi connectivity index (χ3v) is 4.29. The topological polar surface area (TPSA) is 61.8 Å². The van der Waals surface area contributed by atoms with Gasteiger partial charge in [-0.3, -0.25) is 4.79 Å². The molecule has 1 atom stereocenters. The summed E-state index contributed by atoms with van der Waals surface area (Å²) >= 11 is 0. The Kier molecular flexibility index (Phi) is 4.16. The van der Waals surface area contributed by atoms with Gasteiger partial charge in [-0.2, -0.15) is 5.10 Å². The predicted octanol–water partition coefficient (Wildman–Crippen LogP) is 3.41. The minimum absolute atomic E-state index is 0.327. The van der Waals surface area contributed by atoms with E-state index in [0.29, 0.717) is 6.42 Å². The molecule has 5 nitrogen and oxygen atoms in total. The zero-order chi connectivity index (χ0) is 17.2. The maximum Gasteiger partial charge on any atom is 0.346 e. The Labute approximate surface area is 141 Å². The molecule has 2 aromatic carbocycles. The Balaban J connectivity index is 1.76. The minimum atomic E-state index is -0.869. The van der Waals surface area contributed by atoms with Crippen molar-refractivity contribution in [1.82, 2.24) is 10.3 Å². The van der Waals surface area contributed by atoms with E-state index < -0.39 is 11.6 Å². The number of nitrogens with zero attached hydrogens (tertiary/aromatic N) is 2. The van der Waals surface area contributed by atoms with E-state index in [0.717, 1.165) is 21.7 Å². The van der Waals surface area contributed by atoms with Crippen molar-refractivity contribution in [2.45, 2.75) is 25.8 Å². The molecule has 0 spiro atoms. The smallest absolute Gasteiger partial charge is 0.322 e. The van der Waals surface area contributed by atoms with Crippen LogP contribution in [0.1, 0.15) is 25.8 Å². The zero-order valence-electron chi connectivity index (χ0n) is 13.7. The van der Waals surface area contributed by atoms with Crippen molar-refractivity contribution in [3.8, 4) is 11.1 Å². The summed E-state index contributed by atoms with van der Waals surface area (Å²) in [4.78, 5) is 24.2. The third kappa shape index (κ3) is 2.93. The molecule has 1 fully saturated rings. The van der Waals surface area contributed by atoms with Crippen LogP contribution in [0.25, 0.3) is 11.1 Å². The molecule has 1 N–H and O–H groups in total. The molecule has 122 valence electrons. The van der Waals surface area contributed by atoms with Gasteiger partial charge in [0.05, 0.1) is 6.21 Å². The summed E-state index contributed by atoms with van der Waals surface area (Å²) in [5.41, 5.74) is 2.18. The first-order valence-corrected chi connectivity index (χ1v) is 7.90. The molecule has 0 saturated carbocycles. The summed E-state index contributed by atoms with van der Waals surface area (Å²) in [6, 6.07) is 17.3. The van der Waals surface area contributed by atoms with Crippen LogP contribution >= 0.6 is 0 Å². The summed E-state index contributed by atoms with van der Waals surface area (Å²) in [5, 5.41) is 7.62. The molecule has 1 heterocycles. The maximum absolute atomic E-state index is 12.3. The van der Waals surface area contributed by atoms with Gasteiger partial charge in [-0.15, -0.1) is 5.01 Å². The van der Waals surface area contributed by atoms with Crippen LogP contribution in [0, 0.1) is 0 Å².